The number of piperazine rings is 1. The van der Waals surface area contributed by atoms with E-state index in [4.69, 9.17) is 4.98 Å². The van der Waals surface area contributed by atoms with E-state index in [0.29, 0.717) is 5.56 Å². The summed E-state index contributed by atoms with van der Waals surface area (Å²) in [5.41, 5.74) is 10.1. The molecule has 2 N–H and O–H groups in total. The Bertz CT molecular complexity index is 1560. The lowest BCUT2D eigenvalue weighted by atomic mass is 9.62. The molecule has 40 heavy (non-hydrogen) atoms. The fourth-order valence-corrected chi connectivity index (χ4v) is 7.13. The number of hydrogen-bond acceptors (Lipinski definition) is 5. The first-order valence-corrected chi connectivity index (χ1v) is 14.4. The molecule has 2 aromatic carbocycles. The molecule has 2 aromatic heterocycles. The number of carbonyl (C=O) groups excluding carboxylic acids is 1. The van der Waals surface area contributed by atoms with Gasteiger partial charge < -0.3 is 24.8 Å². The van der Waals surface area contributed by atoms with E-state index >= 15 is 0 Å². The predicted octanol–water partition coefficient (Wildman–Crippen LogP) is 4.86. The van der Waals surface area contributed by atoms with E-state index in [9.17, 15) is 9.90 Å². The summed E-state index contributed by atoms with van der Waals surface area (Å²) in [4.78, 5) is 27.9. The fourth-order valence-electron chi connectivity index (χ4n) is 7.13. The first-order chi connectivity index (χ1) is 19.3. The smallest absolute Gasteiger partial charge is 0.253 e. The highest BCUT2D eigenvalue weighted by Crippen LogP contribution is 2.48. The molecular weight excluding hydrogens is 498 g/mol. The fraction of sp³-hybridized carbons (Fsp3) is 0.394. The van der Waals surface area contributed by atoms with Crippen molar-refractivity contribution in [1.29, 1.82) is 0 Å². The van der Waals surface area contributed by atoms with Crippen LogP contribution in [0.1, 0.15) is 34.3 Å². The molecule has 4 heterocycles. The number of nitrogens with one attached hydrogen (secondary N) is 1. The number of nitrogens with zero attached hydrogens (tertiary/aromatic N) is 4. The summed E-state index contributed by atoms with van der Waals surface area (Å²) in [6, 6.07) is 14.7. The lowest BCUT2D eigenvalue weighted by molar-refractivity contribution is -0.113. The second-order valence-electron chi connectivity index (χ2n) is 12.4. The lowest BCUT2D eigenvalue weighted by Crippen LogP contribution is -2.64. The van der Waals surface area contributed by atoms with Crippen molar-refractivity contribution in [2.75, 3.05) is 51.2 Å². The second kappa shape index (κ2) is 9.46. The van der Waals surface area contributed by atoms with Crippen molar-refractivity contribution in [2.24, 2.45) is 5.41 Å². The van der Waals surface area contributed by atoms with Gasteiger partial charge in [0.15, 0.2) is 0 Å². The van der Waals surface area contributed by atoms with Crippen LogP contribution in [0, 0.1) is 19.3 Å². The number of pyridine rings is 1. The molecule has 1 amide bonds. The Morgan fingerprint density at radius 3 is 2.27 bits per heavy atom. The van der Waals surface area contributed by atoms with Gasteiger partial charge in [-0.15, -0.1) is 0 Å². The maximum absolute atomic E-state index is 13.0. The molecule has 3 aliphatic rings. The van der Waals surface area contributed by atoms with Crippen molar-refractivity contribution < 1.29 is 9.90 Å². The molecule has 0 radical (unpaired) electrons. The molecule has 1 aliphatic carbocycles. The first-order valence-electron chi connectivity index (χ1n) is 14.4. The molecule has 0 unspecified atom stereocenters. The number of aliphatic hydroxyl groups excluding tert-OH is 1. The van der Waals surface area contributed by atoms with Gasteiger partial charge in [0.25, 0.3) is 5.91 Å². The molecule has 206 valence electrons. The molecule has 7 nitrogen and oxygen atoms in total. The van der Waals surface area contributed by atoms with Crippen LogP contribution in [-0.4, -0.2) is 83.2 Å². The molecule has 0 atom stereocenters. The predicted molar refractivity (Wildman–Crippen MR) is 160 cm³/mol. The van der Waals surface area contributed by atoms with Crippen LogP contribution in [0.2, 0.25) is 0 Å². The van der Waals surface area contributed by atoms with Gasteiger partial charge in [0.1, 0.15) is 5.65 Å². The van der Waals surface area contributed by atoms with Gasteiger partial charge in [0.2, 0.25) is 0 Å². The van der Waals surface area contributed by atoms with Crippen molar-refractivity contribution in [2.45, 2.75) is 32.8 Å². The lowest BCUT2D eigenvalue weighted by Gasteiger charge is -2.57. The standard InChI is InChI=1S/C33H37N5O2/c1-21-12-25(13-22(2)30(21)37-10-8-36(3)9-11-37)26-14-28-29(18-35-31(28)34-17-26)23-4-6-24(7-5-23)32(40)38-19-33(20-38)15-27(39)16-33/h4-7,12-14,17-18,27,39H,8-11,15-16,19-20H2,1-3H3,(H,34,35). The summed E-state index contributed by atoms with van der Waals surface area (Å²) in [5.74, 6) is 0.0761. The van der Waals surface area contributed by atoms with Crippen LogP contribution in [0.4, 0.5) is 5.69 Å². The van der Waals surface area contributed by atoms with Crippen LogP contribution < -0.4 is 4.90 Å². The maximum Gasteiger partial charge on any atom is 0.253 e. The minimum absolute atomic E-state index is 0.0761. The molecular formula is C33H37N5O2. The molecule has 4 aromatic rings. The largest absolute Gasteiger partial charge is 0.393 e. The van der Waals surface area contributed by atoms with Gasteiger partial charge in [-0.3, -0.25) is 4.79 Å². The van der Waals surface area contributed by atoms with E-state index in [-0.39, 0.29) is 17.4 Å². The number of aromatic nitrogens is 2. The highest BCUT2D eigenvalue weighted by Gasteiger charge is 2.53. The van der Waals surface area contributed by atoms with Crippen LogP contribution in [0.3, 0.4) is 0 Å². The summed E-state index contributed by atoms with van der Waals surface area (Å²) < 4.78 is 0. The van der Waals surface area contributed by atoms with E-state index in [1.165, 1.54) is 22.4 Å². The third-order valence-electron chi connectivity index (χ3n) is 9.29. The van der Waals surface area contributed by atoms with E-state index in [0.717, 1.165) is 79.8 Å². The zero-order valence-corrected chi connectivity index (χ0v) is 23.6. The van der Waals surface area contributed by atoms with Gasteiger partial charge in [-0.05, 0) is 86.3 Å². The van der Waals surface area contributed by atoms with Crippen molar-refractivity contribution in [3.8, 4) is 22.3 Å². The Hall–Kier alpha value is -3.68. The summed E-state index contributed by atoms with van der Waals surface area (Å²) >= 11 is 0. The molecule has 3 fully saturated rings. The SMILES string of the molecule is Cc1cc(-c2cnc3[nH]cc(-c4ccc(C(=O)N5CC6(CC(O)C6)C5)cc4)c3c2)cc(C)c1N1CCN(C)CC1. The van der Waals surface area contributed by atoms with Crippen LogP contribution in [-0.2, 0) is 0 Å². The summed E-state index contributed by atoms with van der Waals surface area (Å²) in [7, 11) is 2.19. The van der Waals surface area contributed by atoms with Crippen LogP contribution >= 0.6 is 0 Å². The third kappa shape index (κ3) is 4.28. The number of hydrogen-bond donors (Lipinski definition) is 2. The normalized spacial score (nSPS) is 19.2. The Kier molecular flexibility index (Phi) is 5.98. The molecule has 1 saturated carbocycles. The number of anilines is 1. The Labute approximate surface area is 235 Å². The van der Waals surface area contributed by atoms with Gasteiger partial charge in [0, 0.05) is 84.8 Å². The number of aliphatic hydroxyl groups is 1. The summed E-state index contributed by atoms with van der Waals surface area (Å²) in [6.07, 6.45) is 5.43. The highest BCUT2D eigenvalue weighted by molar-refractivity contribution is 5.98. The Morgan fingerprint density at radius 1 is 0.950 bits per heavy atom. The van der Waals surface area contributed by atoms with E-state index in [2.05, 4.69) is 53.9 Å². The monoisotopic (exact) mass is 535 g/mol. The quantitative estimate of drug-likeness (QED) is 0.390. The molecule has 2 saturated heterocycles. The number of likely N-dealkylation sites (N-methyl/N-ethyl adjacent to an activating group) is 1. The molecule has 7 rings (SSSR count). The average molecular weight is 536 g/mol. The average Bonchev–Trinajstić information content (AvgIpc) is 3.33. The second-order valence-corrected chi connectivity index (χ2v) is 12.4. The van der Waals surface area contributed by atoms with E-state index < -0.39 is 0 Å². The number of aromatic amines is 1. The molecule has 7 heteroatoms. The number of likely N-dealkylation sites (tertiary alicyclic amines) is 1. The zero-order valence-electron chi connectivity index (χ0n) is 23.6. The number of benzene rings is 2. The van der Waals surface area contributed by atoms with E-state index in [1.54, 1.807) is 0 Å². The number of carbonyl (C=O) groups is 1. The zero-order chi connectivity index (χ0) is 27.6. The topological polar surface area (TPSA) is 75.7 Å². The van der Waals surface area contributed by atoms with Gasteiger partial charge in [-0.1, -0.05) is 12.1 Å². The number of aryl methyl sites for hydroxylation is 2. The van der Waals surface area contributed by atoms with Crippen molar-refractivity contribution in [3.63, 3.8) is 0 Å². The number of H-pyrrole nitrogens is 1. The minimum atomic E-state index is -0.183. The first kappa shape index (κ1) is 25.3. The number of amides is 1. The Morgan fingerprint density at radius 2 is 1.62 bits per heavy atom. The highest BCUT2D eigenvalue weighted by atomic mass is 16.3. The minimum Gasteiger partial charge on any atom is -0.393 e. The van der Waals surface area contributed by atoms with Gasteiger partial charge in [0.05, 0.1) is 6.10 Å². The van der Waals surface area contributed by atoms with Gasteiger partial charge in [-0.2, -0.15) is 0 Å². The molecule has 2 aliphatic heterocycles. The molecule has 0 bridgehead atoms. The number of rotatable bonds is 4. The van der Waals surface area contributed by atoms with Gasteiger partial charge in [-0.25, -0.2) is 4.98 Å². The number of fused-ring (bicyclic) bond motifs is 1. The maximum atomic E-state index is 13.0. The van der Waals surface area contributed by atoms with Crippen LogP contribution in [0.25, 0.3) is 33.3 Å². The van der Waals surface area contributed by atoms with Crippen molar-refractivity contribution in [1.82, 2.24) is 19.8 Å². The Balaban J connectivity index is 1.13. The van der Waals surface area contributed by atoms with Gasteiger partial charge >= 0.3 is 0 Å². The third-order valence-corrected chi connectivity index (χ3v) is 9.29. The van der Waals surface area contributed by atoms with Crippen LogP contribution in [0.15, 0.2) is 54.9 Å². The van der Waals surface area contributed by atoms with E-state index in [1.807, 2.05) is 41.6 Å². The molecule has 1 spiro atoms. The van der Waals surface area contributed by atoms with Crippen molar-refractivity contribution in [3.05, 3.63) is 71.5 Å². The summed E-state index contributed by atoms with van der Waals surface area (Å²) in [5, 5.41) is 10.7. The van der Waals surface area contributed by atoms with Crippen LogP contribution in [0.5, 0.6) is 0 Å². The van der Waals surface area contributed by atoms with Crippen molar-refractivity contribution >= 4 is 22.6 Å². The summed E-state index contributed by atoms with van der Waals surface area (Å²) in [6.45, 7) is 10.3.